The van der Waals surface area contributed by atoms with Crippen molar-refractivity contribution in [2.75, 3.05) is 0 Å². The highest BCUT2D eigenvalue weighted by Crippen LogP contribution is 2.10. The van der Waals surface area contributed by atoms with Crippen LogP contribution in [-0.2, 0) is 16.0 Å². The number of nitrogens with zero attached hydrogens (tertiary/aromatic N) is 1. The van der Waals surface area contributed by atoms with Crippen LogP contribution in [0, 0.1) is 0 Å². The molecular formula is C11H16N2O4S. The van der Waals surface area contributed by atoms with E-state index in [0.717, 1.165) is 4.88 Å². The molecule has 0 spiro atoms. The third-order valence-corrected chi connectivity index (χ3v) is 2.65. The Hall–Kier alpha value is -1.63. The molecule has 18 heavy (non-hydrogen) atoms. The fraction of sp³-hybridized carbons (Fsp3) is 0.545. The maximum atomic E-state index is 11.5. The molecule has 0 aliphatic carbocycles. The van der Waals surface area contributed by atoms with E-state index in [-0.39, 0.29) is 6.42 Å². The number of carbonyl (C=O) groups excluding carboxylic acids is 1. The molecule has 0 saturated carbocycles. The van der Waals surface area contributed by atoms with Gasteiger partial charge in [-0.25, -0.2) is 14.0 Å². The van der Waals surface area contributed by atoms with Crippen LogP contribution in [0.2, 0.25) is 0 Å². The molecule has 0 aliphatic rings. The van der Waals surface area contributed by atoms with Crippen LogP contribution >= 0.6 is 11.5 Å². The molecule has 1 heterocycles. The Morgan fingerprint density at radius 1 is 1.56 bits per heavy atom. The lowest BCUT2D eigenvalue weighted by Crippen LogP contribution is -2.44. The lowest BCUT2D eigenvalue weighted by atomic mass is 10.2. The maximum Gasteiger partial charge on any atom is 0.408 e. The third kappa shape index (κ3) is 5.13. The zero-order chi connectivity index (χ0) is 13.8. The van der Waals surface area contributed by atoms with E-state index in [0.29, 0.717) is 0 Å². The fourth-order valence-corrected chi connectivity index (χ4v) is 1.82. The van der Waals surface area contributed by atoms with E-state index in [1.54, 1.807) is 33.0 Å². The van der Waals surface area contributed by atoms with Gasteiger partial charge < -0.3 is 15.2 Å². The third-order valence-electron chi connectivity index (χ3n) is 1.89. The molecule has 7 heteroatoms. The first-order chi connectivity index (χ1) is 8.28. The zero-order valence-corrected chi connectivity index (χ0v) is 11.3. The van der Waals surface area contributed by atoms with Crippen molar-refractivity contribution in [2.24, 2.45) is 0 Å². The van der Waals surface area contributed by atoms with Gasteiger partial charge in [-0.2, -0.15) is 0 Å². The number of hydrogen-bond acceptors (Lipinski definition) is 5. The molecule has 0 bridgehead atoms. The number of ether oxygens (including phenoxy) is 1. The molecule has 1 unspecified atom stereocenters. The van der Waals surface area contributed by atoms with Crippen LogP contribution < -0.4 is 5.32 Å². The molecular weight excluding hydrogens is 256 g/mol. The minimum atomic E-state index is -1.10. The van der Waals surface area contributed by atoms with Gasteiger partial charge in [0.1, 0.15) is 11.6 Å². The molecule has 0 radical (unpaired) electrons. The average molecular weight is 272 g/mol. The predicted octanol–water partition coefficient (Wildman–Crippen LogP) is 1.66. The van der Waals surface area contributed by atoms with Gasteiger partial charge >= 0.3 is 12.1 Å². The van der Waals surface area contributed by atoms with E-state index in [4.69, 9.17) is 9.84 Å². The summed E-state index contributed by atoms with van der Waals surface area (Å²) in [5.41, 5.74) is -0.655. The number of nitrogens with one attached hydrogen (secondary N) is 1. The minimum absolute atomic E-state index is 0.194. The first-order valence-electron chi connectivity index (χ1n) is 5.40. The van der Waals surface area contributed by atoms with Gasteiger partial charge in [0, 0.05) is 17.5 Å². The smallest absolute Gasteiger partial charge is 0.408 e. The van der Waals surface area contributed by atoms with Gasteiger partial charge in [0.25, 0.3) is 0 Å². The van der Waals surface area contributed by atoms with Crippen molar-refractivity contribution in [1.82, 2.24) is 9.69 Å². The van der Waals surface area contributed by atoms with Gasteiger partial charge in [0.05, 0.1) is 0 Å². The first-order valence-corrected chi connectivity index (χ1v) is 6.17. The van der Waals surface area contributed by atoms with E-state index in [1.165, 1.54) is 11.5 Å². The molecule has 100 valence electrons. The van der Waals surface area contributed by atoms with E-state index < -0.39 is 23.7 Å². The van der Waals surface area contributed by atoms with E-state index in [9.17, 15) is 9.59 Å². The number of carboxylic acids is 1. The summed E-state index contributed by atoms with van der Waals surface area (Å²) in [6.45, 7) is 5.14. The summed E-state index contributed by atoms with van der Waals surface area (Å²) in [6, 6.07) is 0.706. The van der Waals surface area contributed by atoms with Gasteiger partial charge in [-0.05, 0) is 38.4 Å². The molecule has 1 amide bonds. The van der Waals surface area contributed by atoms with Crippen molar-refractivity contribution in [1.29, 1.82) is 0 Å². The number of rotatable bonds is 4. The zero-order valence-electron chi connectivity index (χ0n) is 10.5. The second kappa shape index (κ2) is 5.81. The second-order valence-electron chi connectivity index (χ2n) is 4.72. The van der Waals surface area contributed by atoms with Crippen LogP contribution in [0.5, 0.6) is 0 Å². The summed E-state index contributed by atoms with van der Waals surface area (Å²) in [5, 5.41) is 11.4. The number of carboxylic acid groups (broad SMARTS) is 1. The summed E-state index contributed by atoms with van der Waals surface area (Å²) in [7, 11) is 0. The van der Waals surface area contributed by atoms with Crippen LogP contribution in [0.3, 0.4) is 0 Å². The Morgan fingerprint density at radius 3 is 2.67 bits per heavy atom. The van der Waals surface area contributed by atoms with Gasteiger partial charge in [-0.1, -0.05) is 0 Å². The first kappa shape index (κ1) is 14.4. The molecule has 0 fully saturated rings. The fourth-order valence-electron chi connectivity index (χ4n) is 1.20. The summed E-state index contributed by atoms with van der Waals surface area (Å²) in [5.74, 6) is -1.10. The second-order valence-corrected chi connectivity index (χ2v) is 5.64. The van der Waals surface area contributed by atoms with Gasteiger partial charge in [0.15, 0.2) is 0 Å². The molecule has 6 nitrogen and oxygen atoms in total. The molecule has 1 rings (SSSR count). The van der Waals surface area contributed by atoms with Crippen LogP contribution in [0.15, 0.2) is 12.3 Å². The summed E-state index contributed by atoms with van der Waals surface area (Å²) < 4.78 is 8.89. The lowest BCUT2D eigenvalue weighted by Gasteiger charge is -2.21. The normalized spacial score (nSPS) is 12.8. The minimum Gasteiger partial charge on any atom is -0.480 e. The summed E-state index contributed by atoms with van der Waals surface area (Å²) >= 11 is 1.20. The van der Waals surface area contributed by atoms with Crippen molar-refractivity contribution >= 4 is 23.6 Å². The van der Waals surface area contributed by atoms with Crippen molar-refractivity contribution in [3.63, 3.8) is 0 Å². The van der Waals surface area contributed by atoms with E-state index >= 15 is 0 Å². The van der Waals surface area contributed by atoms with Crippen molar-refractivity contribution in [3.8, 4) is 0 Å². The molecule has 1 aromatic rings. The Kier molecular flexibility index (Phi) is 4.66. The van der Waals surface area contributed by atoms with Gasteiger partial charge in [-0.15, -0.1) is 0 Å². The number of aromatic nitrogens is 1. The van der Waals surface area contributed by atoms with Crippen molar-refractivity contribution in [2.45, 2.75) is 38.8 Å². The summed E-state index contributed by atoms with van der Waals surface area (Å²) in [4.78, 5) is 23.3. The largest absolute Gasteiger partial charge is 0.480 e. The number of amides is 1. The number of aliphatic carboxylic acids is 1. The highest BCUT2D eigenvalue weighted by Gasteiger charge is 2.24. The molecule has 0 aliphatic heterocycles. The average Bonchev–Trinajstić information content (AvgIpc) is 2.66. The van der Waals surface area contributed by atoms with Gasteiger partial charge in [0.2, 0.25) is 0 Å². The van der Waals surface area contributed by atoms with Crippen LogP contribution in [0.1, 0.15) is 25.6 Å². The Bertz CT molecular complexity index is 411. The quantitative estimate of drug-likeness (QED) is 0.870. The predicted molar refractivity (Wildman–Crippen MR) is 66.6 cm³/mol. The summed E-state index contributed by atoms with van der Waals surface area (Å²) in [6.07, 6.45) is 1.05. The number of hydrogen-bond donors (Lipinski definition) is 2. The molecule has 1 atom stereocenters. The van der Waals surface area contributed by atoms with E-state index in [2.05, 4.69) is 9.69 Å². The van der Waals surface area contributed by atoms with Crippen molar-refractivity contribution in [3.05, 3.63) is 17.1 Å². The Morgan fingerprint density at radius 2 is 2.22 bits per heavy atom. The SMILES string of the molecule is CC(C)(C)OC(=O)NC(Cc1ccns1)C(=O)O. The molecule has 2 N–H and O–H groups in total. The Labute approximate surface area is 109 Å². The topological polar surface area (TPSA) is 88.5 Å². The number of alkyl carbamates (subject to hydrolysis) is 1. The Balaban J connectivity index is 2.58. The lowest BCUT2D eigenvalue weighted by molar-refractivity contribution is -0.139. The standard InChI is InChI=1S/C11H16N2O4S/c1-11(2,3)17-10(16)13-8(9(14)15)6-7-4-5-12-18-7/h4-5,8H,6H2,1-3H3,(H,13,16)(H,14,15). The molecule has 0 saturated heterocycles. The highest BCUT2D eigenvalue weighted by molar-refractivity contribution is 7.05. The van der Waals surface area contributed by atoms with Crippen molar-refractivity contribution < 1.29 is 19.4 Å². The van der Waals surface area contributed by atoms with Crippen LogP contribution in [0.25, 0.3) is 0 Å². The van der Waals surface area contributed by atoms with Crippen LogP contribution in [0.4, 0.5) is 4.79 Å². The number of carbonyl (C=O) groups is 2. The highest BCUT2D eigenvalue weighted by atomic mass is 32.1. The molecule has 0 aromatic carbocycles. The maximum absolute atomic E-state index is 11.5. The monoisotopic (exact) mass is 272 g/mol. The van der Waals surface area contributed by atoms with E-state index in [1.807, 2.05) is 0 Å². The van der Waals surface area contributed by atoms with Crippen LogP contribution in [-0.4, -0.2) is 33.2 Å². The molecule has 1 aromatic heterocycles. The van der Waals surface area contributed by atoms with Gasteiger partial charge in [-0.3, -0.25) is 0 Å².